The molecule has 0 radical (unpaired) electrons. The molecule has 0 spiro atoms. The van der Waals surface area contributed by atoms with E-state index in [9.17, 15) is 18.0 Å². The van der Waals surface area contributed by atoms with E-state index in [0.29, 0.717) is 25.9 Å². The van der Waals surface area contributed by atoms with Crippen LogP contribution >= 0.6 is 0 Å². The lowest BCUT2D eigenvalue weighted by molar-refractivity contribution is -0.131. The highest BCUT2D eigenvalue weighted by atomic mass is 32.2. The predicted octanol–water partition coefficient (Wildman–Crippen LogP) is 0.689. The van der Waals surface area contributed by atoms with Gasteiger partial charge in [-0.25, -0.2) is 8.42 Å². The third kappa shape index (κ3) is 5.33. The normalized spacial score (nSPS) is 19.0. The van der Waals surface area contributed by atoms with Crippen molar-refractivity contribution in [3.8, 4) is 0 Å². The summed E-state index contributed by atoms with van der Waals surface area (Å²) in [7, 11) is -3.04. The summed E-state index contributed by atoms with van der Waals surface area (Å²) in [4.78, 5) is 25.3. The number of hydrogen-bond donors (Lipinski definition) is 1. The molecular formula is C17H24N2O4S. The monoisotopic (exact) mass is 352 g/mol. The molecule has 132 valence electrons. The Morgan fingerprint density at radius 1 is 1.33 bits per heavy atom. The van der Waals surface area contributed by atoms with Gasteiger partial charge in [0.05, 0.1) is 17.9 Å². The average Bonchev–Trinajstić information content (AvgIpc) is 2.83. The number of carbonyl (C=O) groups excluding carboxylic acids is 2. The van der Waals surface area contributed by atoms with E-state index in [4.69, 9.17) is 0 Å². The summed E-state index contributed by atoms with van der Waals surface area (Å²) in [5, 5.41) is 2.80. The average molecular weight is 352 g/mol. The second kappa shape index (κ2) is 7.79. The summed E-state index contributed by atoms with van der Waals surface area (Å²) < 4.78 is 23.1. The standard InChI is InChI=1S/C17H24N2O4S/c1-13-4-3-5-15(10-13)11-17(21)18-7-8-19(14(2)20)16-6-9-24(22,23)12-16/h3-5,10,16H,6-9,11-12H2,1-2H3,(H,18,21). The summed E-state index contributed by atoms with van der Waals surface area (Å²) in [6, 6.07) is 7.47. The van der Waals surface area contributed by atoms with Gasteiger partial charge in [0.15, 0.2) is 9.84 Å². The van der Waals surface area contributed by atoms with E-state index in [0.717, 1.165) is 11.1 Å². The molecule has 0 aromatic heterocycles. The molecule has 1 aliphatic heterocycles. The van der Waals surface area contributed by atoms with Gasteiger partial charge in [0.1, 0.15) is 0 Å². The first-order valence-corrected chi connectivity index (χ1v) is 9.89. The van der Waals surface area contributed by atoms with Crippen LogP contribution < -0.4 is 5.32 Å². The molecule has 1 heterocycles. The van der Waals surface area contributed by atoms with Crippen molar-refractivity contribution in [3.63, 3.8) is 0 Å². The Hall–Kier alpha value is -1.89. The molecule has 1 atom stereocenters. The zero-order valence-corrected chi connectivity index (χ0v) is 14.9. The van der Waals surface area contributed by atoms with Crippen molar-refractivity contribution in [2.24, 2.45) is 0 Å². The van der Waals surface area contributed by atoms with E-state index in [2.05, 4.69) is 5.32 Å². The molecule has 1 aromatic carbocycles. The van der Waals surface area contributed by atoms with Gasteiger partial charge in [-0.3, -0.25) is 9.59 Å². The molecule has 1 N–H and O–H groups in total. The molecule has 1 fully saturated rings. The van der Waals surface area contributed by atoms with E-state index in [1.807, 2.05) is 31.2 Å². The van der Waals surface area contributed by atoms with Crippen LogP contribution in [-0.4, -0.2) is 55.8 Å². The first-order valence-electron chi connectivity index (χ1n) is 8.07. The SMILES string of the molecule is CC(=O)N(CCNC(=O)Cc1cccc(C)c1)C1CCS(=O)(=O)C1. The maximum Gasteiger partial charge on any atom is 0.224 e. The van der Waals surface area contributed by atoms with Crippen LogP contribution in [0, 0.1) is 6.92 Å². The summed E-state index contributed by atoms with van der Waals surface area (Å²) >= 11 is 0. The zero-order valence-electron chi connectivity index (χ0n) is 14.1. The number of nitrogens with one attached hydrogen (secondary N) is 1. The first kappa shape index (κ1) is 18.4. The van der Waals surface area contributed by atoms with E-state index in [1.165, 1.54) is 6.92 Å². The Kier molecular flexibility index (Phi) is 5.99. The molecule has 1 saturated heterocycles. The number of carbonyl (C=O) groups is 2. The number of nitrogens with zero attached hydrogens (tertiary/aromatic N) is 1. The highest BCUT2D eigenvalue weighted by Gasteiger charge is 2.33. The number of hydrogen-bond acceptors (Lipinski definition) is 4. The van der Waals surface area contributed by atoms with Crippen LogP contribution in [0.25, 0.3) is 0 Å². The molecule has 24 heavy (non-hydrogen) atoms. The van der Waals surface area contributed by atoms with Crippen molar-refractivity contribution in [1.82, 2.24) is 10.2 Å². The molecule has 1 aliphatic rings. The van der Waals surface area contributed by atoms with Gasteiger partial charge in [-0.2, -0.15) is 0 Å². The second-order valence-corrected chi connectivity index (χ2v) is 8.51. The van der Waals surface area contributed by atoms with Gasteiger partial charge in [0.25, 0.3) is 0 Å². The quantitative estimate of drug-likeness (QED) is 0.816. The highest BCUT2D eigenvalue weighted by molar-refractivity contribution is 7.91. The number of benzene rings is 1. The predicted molar refractivity (Wildman–Crippen MR) is 92.3 cm³/mol. The Morgan fingerprint density at radius 2 is 2.08 bits per heavy atom. The molecule has 0 aliphatic carbocycles. The third-order valence-corrected chi connectivity index (χ3v) is 5.93. The Labute approximate surface area is 143 Å². The van der Waals surface area contributed by atoms with Crippen LogP contribution in [0.2, 0.25) is 0 Å². The fourth-order valence-corrected chi connectivity index (χ4v) is 4.73. The summed E-state index contributed by atoms with van der Waals surface area (Å²) in [5.74, 6) is -0.126. The molecule has 2 rings (SSSR count). The van der Waals surface area contributed by atoms with Gasteiger partial charge < -0.3 is 10.2 Å². The number of aryl methyl sites for hydroxylation is 1. The van der Waals surface area contributed by atoms with Crippen LogP contribution in [0.4, 0.5) is 0 Å². The van der Waals surface area contributed by atoms with Crippen LogP contribution in [0.3, 0.4) is 0 Å². The topological polar surface area (TPSA) is 83.6 Å². The maximum absolute atomic E-state index is 12.0. The third-order valence-electron chi connectivity index (χ3n) is 4.18. The van der Waals surface area contributed by atoms with Crippen LogP contribution in [0.1, 0.15) is 24.5 Å². The lowest BCUT2D eigenvalue weighted by atomic mass is 10.1. The van der Waals surface area contributed by atoms with Crippen molar-refractivity contribution in [2.45, 2.75) is 32.7 Å². The maximum atomic E-state index is 12.0. The van der Waals surface area contributed by atoms with Crippen LogP contribution in [0.5, 0.6) is 0 Å². The molecule has 0 bridgehead atoms. The molecule has 1 unspecified atom stereocenters. The number of rotatable bonds is 6. The minimum atomic E-state index is -3.04. The van der Waals surface area contributed by atoms with E-state index in [-0.39, 0.29) is 29.4 Å². The lowest BCUT2D eigenvalue weighted by Crippen LogP contribution is -2.44. The van der Waals surface area contributed by atoms with E-state index in [1.54, 1.807) is 4.90 Å². The largest absolute Gasteiger partial charge is 0.354 e. The van der Waals surface area contributed by atoms with Gasteiger partial charge in [-0.05, 0) is 18.9 Å². The van der Waals surface area contributed by atoms with Crippen molar-refractivity contribution >= 4 is 21.7 Å². The lowest BCUT2D eigenvalue weighted by Gasteiger charge is -2.27. The molecule has 7 heteroatoms. The van der Waals surface area contributed by atoms with Gasteiger partial charge in [-0.1, -0.05) is 29.8 Å². The first-order chi connectivity index (χ1) is 11.3. The second-order valence-electron chi connectivity index (χ2n) is 6.29. The van der Waals surface area contributed by atoms with Crippen molar-refractivity contribution in [1.29, 1.82) is 0 Å². The zero-order chi connectivity index (χ0) is 17.7. The van der Waals surface area contributed by atoms with Gasteiger partial charge in [0, 0.05) is 26.1 Å². The fourth-order valence-electron chi connectivity index (χ4n) is 3.00. The van der Waals surface area contributed by atoms with Crippen LogP contribution in [0.15, 0.2) is 24.3 Å². The summed E-state index contributed by atoms with van der Waals surface area (Å²) in [5.41, 5.74) is 2.04. The molecule has 0 saturated carbocycles. The molecule has 6 nitrogen and oxygen atoms in total. The molecular weight excluding hydrogens is 328 g/mol. The number of amides is 2. The smallest absolute Gasteiger partial charge is 0.224 e. The molecule has 1 aromatic rings. The Morgan fingerprint density at radius 3 is 2.67 bits per heavy atom. The molecule has 2 amide bonds. The number of sulfone groups is 1. The van der Waals surface area contributed by atoms with Crippen molar-refractivity contribution < 1.29 is 18.0 Å². The van der Waals surface area contributed by atoms with Crippen LogP contribution in [-0.2, 0) is 25.8 Å². The van der Waals surface area contributed by atoms with Crippen molar-refractivity contribution in [2.75, 3.05) is 24.6 Å². The van der Waals surface area contributed by atoms with Crippen molar-refractivity contribution in [3.05, 3.63) is 35.4 Å². The Balaban J connectivity index is 1.82. The van der Waals surface area contributed by atoms with Gasteiger partial charge in [0.2, 0.25) is 11.8 Å². The minimum absolute atomic E-state index is 0.0177. The fraction of sp³-hybridized carbons (Fsp3) is 0.529. The summed E-state index contributed by atoms with van der Waals surface area (Å²) in [6.07, 6.45) is 0.763. The minimum Gasteiger partial charge on any atom is -0.354 e. The van der Waals surface area contributed by atoms with E-state index < -0.39 is 9.84 Å². The van der Waals surface area contributed by atoms with Gasteiger partial charge >= 0.3 is 0 Å². The Bertz CT molecular complexity index is 715. The van der Waals surface area contributed by atoms with E-state index >= 15 is 0 Å². The summed E-state index contributed by atoms with van der Waals surface area (Å²) in [6.45, 7) is 4.05. The highest BCUT2D eigenvalue weighted by Crippen LogP contribution is 2.17. The van der Waals surface area contributed by atoms with Gasteiger partial charge in [-0.15, -0.1) is 0 Å².